The number of nitrogens with one attached hydrogen (secondary N) is 1. The number of furan rings is 1. The van der Waals surface area contributed by atoms with E-state index in [-0.39, 0.29) is 24.1 Å². The molecular formula is C16H22N2O4S. The number of sulfone groups is 1. The van der Waals surface area contributed by atoms with Gasteiger partial charge in [0.05, 0.1) is 17.8 Å². The molecule has 23 heavy (non-hydrogen) atoms. The first kappa shape index (κ1) is 17.5. The molecule has 2 unspecified atom stereocenters. The van der Waals surface area contributed by atoms with Crippen molar-refractivity contribution in [2.45, 2.75) is 32.4 Å². The molecule has 2 rings (SSSR count). The Morgan fingerprint density at radius 3 is 2.61 bits per heavy atom. The highest BCUT2D eigenvalue weighted by Gasteiger charge is 2.22. The van der Waals surface area contributed by atoms with Crippen molar-refractivity contribution in [3.05, 3.63) is 35.6 Å². The van der Waals surface area contributed by atoms with Crippen LogP contribution < -0.4 is 11.1 Å². The van der Waals surface area contributed by atoms with E-state index < -0.39 is 15.9 Å². The minimum Gasteiger partial charge on any atom is -0.459 e. The van der Waals surface area contributed by atoms with E-state index >= 15 is 0 Å². The first-order valence-corrected chi connectivity index (χ1v) is 9.47. The lowest BCUT2D eigenvalue weighted by Crippen LogP contribution is -2.42. The number of carbonyl (C=O) groups is 1. The Bertz CT molecular complexity index is 811. The van der Waals surface area contributed by atoms with Gasteiger partial charge >= 0.3 is 0 Å². The van der Waals surface area contributed by atoms with Crippen LogP contribution in [0.1, 0.15) is 30.7 Å². The van der Waals surface area contributed by atoms with E-state index in [1.807, 2.05) is 38.1 Å². The Labute approximate surface area is 136 Å². The summed E-state index contributed by atoms with van der Waals surface area (Å²) in [6, 6.07) is 6.44. The van der Waals surface area contributed by atoms with Crippen LogP contribution in [0.15, 0.2) is 28.7 Å². The van der Waals surface area contributed by atoms with Gasteiger partial charge in [-0.2, -0.15) is 0 Å². The molecular weight excluding hydrogens is 316 g/mol. The third-order valence-electron chi connectivity index (χ3n) is 3.77. The molecule has 1 amide bonds. The molecule has 0 bridgehead atoms. The average molecular weight is 338 g/mol. The van der Waals surface area contributed by atoms with Crippen molar-refractivity contribution < 1.29 is 17.6 Å². The molecule has 0 aliphatic rings. The van der Waals surface area contributed by atoms with Crippen LogP contribution in [0, 0.1) is 6.92 Å². The number of hydrogen-bond acceptors (Lipinski definition) is 5. The van der Waals surface area contributed by atoms with Crippen LogP contribution in [0.3, 0.4) is 0 Å². The summed E-state index contributed by atoms with van der Waals surface area (Å²) in [4.78, 5) is 12.1. The molecule has 0 spiro atoms. The van der Waals surface area contributed by atoms with Crippen LogP contribution >= 0.6 is 0 Å². The fourth-order valence-corrected chi connectivity index (χ4v) is 3.15. The molecule has 6 nitrogen and oxygen atoms in total. The summed E-state index contributed by atoms with van der Waals surface area (Å²) < 4.78 is 28.1. The SMILES string of the molecule is Cc1c(C(C)NC(=O)C(N)CCS(C)(=O)=O)oc2ccccc12. The van der Waals surface area contributed by atoms with E-state index in [1.54, 1.807) is 0 Å². The third-order valence-corrected chi connectivity index (χ3v) is 4.75. The van der Waals surface area contributed by atoms with Crippen molar-refractivity contribution >= 4 is 26.7 Å². The van der Waals surface area contributed by atoms with Gasteiger partial charge < -0.3 is 15.5 Å². The molecule has 126 valence electrons. The molecule has 7 heteroatoms. The van der Waals surface area contributed by atoms with E-state index in [0.717, 1.165) is 22.8 Å². The van der Waals surface area contributed by atoms with Gasteiger partial charge in [0.1, 0.15) is 21.2 Å². The number of amides is 1. The Balaban J connectivity index is 2.06. The maximum Gasteiger partial charge on any atom is 0.237 e. The summed E-state index contributed by atoms with van der Waals surface area (Å²) in [5.74, 6) is 0.176. The van der Waals surface area contributed by atoms with E-state index in [4.69, 9.17) is 10.2 Å². The van der Waals surface area contributed by atoms with Gasteiger partial charge in [0.15, 0.2) is 0 Å². The highest BCUT2D eigenvalue weighted by molar-refractivity contribution is 7.90. The quantitative estimate of drug-likeness (QED) is 0.834. The smallest absolute Gasteiger partial charge is 0.237 e. The second-order valence-electron chi connectivity index (χ2n) is 5.84. The first-order chi connectivity index (χ1) is 10.7. The summed E-state index contributed by atoms with van der Waals surface area (Å²) in [6.07, 6.45) is 1.22. The number of nitrogens with two attached hydrogens (primary N) is 1. The second-order valence-corrected chi connectivity index (χ2v) is 8.10. The number of para-hydroxylation sites is 1. The van der Waals surface area contributed by atoms with E-state index in [9.17, 15) is 13.2 Å². The predicted molar refractivity (Wildman–Crippen MR) is 89.8 cm³/mol. The number of aryl methyl sites for hydroxylation is 1. The number of fused-ring (bicyclic) bond motifs is 1. The van der Waals surface area contributed by atoms with Gasteiger partial charge in [0, 0.05) is 17.2 Å². The lowest BCUT2D eigenvalue weighted by atomic mass is 10.1. The summed E-state index contributed by atoms with van der Waals surface area (Å²) in [6.45, 7) is 3.75. The van der Waals surface area contributed by atoms with Crippen molar-refractivity contribution in [2.75, 3.05) is 12.0 Å². The molecule has 0 fully saturated rings. The number of rotatable bonds is 6. The Kier molecular flexibility index (Phi) is 5.11. The minimum absolute atomic E-state index is 0.0937. The maximum atomic E-state index is 12.1. The van der Waals surface area contributed by atoms with Gasteiger partial charge in [-0.1, -0.05) is 18.2 Å². The number of carbonyl (C=O) groups excluding carboxylic acids is 1. The lowest BCUT2D eigenvalue weighted by Gasteiger charge is -2.16. The second kappa shape index (κ2) is 6.72. The standard InChI is InChI=1S/C16H22N2O4S/c1-10-12-6-4-5-7-14(12)22-15(10)11(2)18-16(19)13(17)8-9-23(3,20)21/h4-7,11,13H,8-9,17H2,1-3H3,(H,18,19). The van der Waals surface area contributed by atoms with Gasteiger partial charge in [-0.05, 0) is 26.3 Å². The van der Waals surface area contributed by atoms with Crippen molar-refractivity contribution in [1.82, 2.24) is 5.32 Å². The summed E-state index contributed by atoms with van der Waals surface area (Å²) >= 11 is 0. The molecule has 0 saturated carbocycles. The normalized spacial score (nSPS) is 14.6. The summed E-state index contributed by atoms with van der Waals surface area (Å²) in [7, 11) is -3.14. The van der Waals surface area contributed by atoms with Crippen molar-refractivity contribution in [3.63, 3.8) is 0 Å². The van der Waals surface area contributed by atoms with Crippen LogP contribution in [0.2, 0.25) is 0 Å². The molecule has 0 aliphatic carbocycles. The predicted octanol–water partition coefficient (Wildman–Crippen LogP) is 1.68. The molecule has 3 N–H and O–H groups in total. The monoisotopic (exact) mass is 338 g/mol. The maximum absolute atomic E-state index is 12.1. The summed E-state index contributed by atoms with van der Waals surface area (Å²) in [5.41, 5.74) is 7.49. The minimum atomic E-state index is -3.14. The van der Waals surface area contributed by atoms with Crippen LogP contribution in [0.4, 0.5) is 0 Å². The zero-order chi connectivity index (χ0) is 17.2. The zero-order valence-corrected chi connectivity index (χ0v) is 14.3. The zero-order valence-electron chi connectivity index (χ0n) is 13.5. The van der Waals surface area contributed by atoms with Crippen LogP contribution in [-0.4, -0.2) is 32.4 Å². The van der Waals surface area contributed by atoms with Gasteiger partial charge in [-0.25, -0.2) is 8.42 Å². The molecule has 0 aliphatic heterocycles. The van der Waals surface area contributed by atoms with E-state index in [2.05, 4.69) is 5.32 Å². The molecule has 2 atom stereocenters. The van der Waals surface area contributed by atoms with E-state index in [1.165, 1.54) is 0 Å². The van der Waals surface area contributed by atoms with Crippen molar-refractivity contribution in [1.29, 1.82) is 0 Å². The van der Waals surface area contributed by atoms with Crippen LogP contribution in [0.25, 0.3) is 11.0 Å². The first-order valence-electron chi connectivity index (χ1n) is 7.40. The molecule has 0 radical (unpaired) electrons. The largest absolute Gasteiger partial charge is 0.459 e. The van der Waals surface area contributed by atoms with Gasteiger partial charge in [0.25, 0.3) is 0 Å². The Morgan fingerprint density at radius 2 is 2.00 bits per heavy atom. The number of benzene rings is 1. The highest BCUT2D eigenvalue weighted by Crippen LogP contribution is 2.29. The van der Waals surface area contributed by atoms with Crippen LogP contribution in [-0.2, 0) is 14.6 Å². The van der Waals surface area contributed by atoms with Gasteiger partial charge in [0.2, 0.25) is 5.91 Å². The molecule has 1 aromatic heterocycles. The Hall–Kier alpha value is -1.86. The fourth-order valence-electron chi connectivity index (χ4n) is 2.46. The Morgan fingerprint density at radius 1 is 1.35 bits per heavy atom. The molecule has 1 heterocycles. The van der Waals surface area contributed by atoms with Gasteiger partial charge in [-0.3, -0.25) is 4.79 Å². The lowest BCUT2D eigenvalue weighted by molar-refractivity contribution is -0.123. The van der Waals surface area contributed by atoms with Gasteiger partial charge in [-0.15, -0.1) is 0 Å². The third kappa shape index (κ3) is 4.33. The highest BCUT2D eigenvalue weighted by atomic mass is 32.2. The molecule has 0 saturated heterocycles. The van der Waals surface area contributed by atoms with E-state index in [0.29, 0.717) is 5.76 Å². The molecule has 2 aromatic rings. The average Bonchev–Trinajstić information content (AvgIpc) is 2.81. The van der Waals surface area contributed by atoms with Crippen molar-refractivity contribution in [3.8, 4) is 0 Å². The van der Waals surface area contributed by atoms with Crippen LogP contribution in [0.5, 0.6) is 0 Å². The fraction of sp³-hybridized carbons (Fsp3) is 0.438. The molecule has 1 aromatic carbocycles. The summed E-state index contributed by atoms with van der Waals surface area (Å²) in [5, 5.41) is 3.79. The van der Waals surface area contributed by atoms with Crippen molar-refractivity contribution in [2.24, 2.45) is 5.73 Å². The topological polar surface area (TPSA) is 102 Å². The number of hydrogen-bond donors (Lipinski definition) is 2.